The summed E-state index contributed by atoms with van der Waals surface area (Å²) in [5.74, 6) is -0.486. The lowest BCUT2D eigenvalue weighted by molar-refractivity contribution is -0.117. The van der Waals surface area contributed by atoms with Crippen LogP contribution in [0.3, 0.4) is 0 Å². The largest absolute Gasteiger partial charge is 0.360 e. The van der Waals surface area contributed by atoms with Crippen LogP contribution in [0.1, 0.15) is 0 Å². The van der Waals surface area contributed by atoms with E-state index in [0.29, 0.717) is 11.4 Å². The third kappa shape index (κ3) is 2.99. The second-order valence-electron chi connectivity index (χ2n) is 4.69. The average Bonchev–Trinajstić information content (AvgIpc) is 2.49. The topological polar surface area (TPSA) is 87.3 Å². The van der Waals surface area contributed by atoms with Crippen molar-refractivity contribution in [2.45, 2.75) is 11.1 Å². The van der Waals surface area contributed by atoms with Gasteiger partial charge in [0.05, 0.1) is 5.69 Å². The average molecular weight is 382 g/mol. The molecule has 1 amide bonds. The Kier molecular flexibility index (Phi) is 3.90. The summed E-state index contributed by atoms with van der Waals surface area (Å²) in [6, 6.07) is 13.4. The Balaban J connectivity index is 1.82. The molecule has 0 aromatic heterocycles. The summed E-state index contributed by atoms with van der Waals surface area (Å²) >= 11 is 3.30. The minimum absolute atomic E-state index is 0.127. The van der Waals surface area contributed by atoms with Crippen molar-refractivity contribution in [2.75, 3.05) is 10.6 Å². The lowest BCUT2D eigenvalue weighted by Gasteiger charge is -2.27. The predicted molar refractivity (Wildman–Crippen MR) is 86.9 cm³/mol. The van der Waals surface area contributed by atoms with E-state index in [1.54, 1.807) is 42.5 Å². The molecule has 1 atom stereocenters. The quantitative estimate of drug-likeness (QED) is 0.743. The first-order valence-corrected chi connectivity index (χ1v) is 8.68. The second kappa shape index (κ2) is 5.71. The van der Waals surface area contributed by atoms with Crippen LogP contribution in [0.2, 0.25) is 0 Å². The standard InChI is InChI=1S/C14H12BrN3O3S/c15-9-5-7-10(8-6-9)16-14(19)13-17-11-3-1-2-4-12(11)22(20,21)18-13/h1-8,13,17-18H,(H,16,19). The van der Waals surface area contributed by atoms with E-state index >= 15 is 0 Å². The van der Waals surface area contributed by atoms with Crippen molar-refractivity contribution >= 4 is 43.2 Å². The van der Waals surface area contributed by atoms with Gasteiger partial charge < -0.3 is 10.6 Å². The van der Waals surface area contributed by atoms with Gasteiger partial charge in [-0.15, -0.1) is 0 Å². The molecule has 1 aliphatic rings. The van der Waals surface area contributed by atoms with E-state index in [9.17, 15) is 13.2 Å². The van der Waals surface area contributed by atoms with Gasteiger partial charge in [-0.3, -0.25) is 4.79 Å². The number of anilines is 2. The van der Waals surface area contributed by atoms with Crippen LogP contribution in [0.25, 0.3) is 0 Å². The van der Waals surface area contributed by atoms with E-state index in [2.05, 4.69) is 31.3 Å². The van der Waals surface area contributed by atoms with Crippen LogP contribution in [-0.2, 0) is 14.8 Å². The zero-order chi connectivity index (χ0) is 15.7. The smallest absolute Gasteiger partial charge is 0.262 e. The first-order chi connectivity index (χ1) is 10.5. The van der Waals surface area contributed by atoms with Crippen LogP contribution in [0, 0.1) is 0 Å². The Morgan fingerprint density at radius 2 is 1.77 bits per heavy atom. The second-order valence-corrected chi connectivity index (χ2v) is 7.29. The van der Waals surface area contributed by atoms with Gasteiger partial charge in [0.1, 0.15) is 4.90 Å². The van der Waals surface area contributed by atoms with E-state index < -0.39 is 22.1 Å². The van der Waals surface area contributed by atoms with Crippen molar-refractivity contribution in [1.82, 2.24) is 4.72 Å². The van der Waals surface area contributed by atoms with Gasteiger partial charge in [-0.25, -0.2) is 8.42 Å². The highest BCUT2D eigenvalue weighted by Crippen LogP contribution is 2.25. The number of nitrogens with one attached hydrogen (secondary N) is 3. The predicted octanol–water partition coefficient (Wildman–Crippen LogP) is 2.12. The summed E-state index contributed by atoms with van der Waals surface area (Å²) in [6.45, 7) is 0. The van der Waals surface area contributed by atoms with Crippen molar-refractivity contribution < 1.29 is 13.2 Å². The maximum absolute atomic E-state index is 12.2. The molecule has 114 valence electrons. The van der Waals surface area contributed by atoms with Gasteiger partial charge in [-0.05, 0) is 36.4 Å². The molecule has 0 aliphatic carbocycles. The normalized spacial score (nSPS) is 18.9. The number of carbonyl (C=O) groups is 1. The van der Waals surface area contributed by atoms with Gasteiger partial charge in [0.15, 0.2) is 6.17 Å². The van der Waals surface area contributed by atoms with Crippen molar-refractivity contribution in [3.63, 3.8) is 0 Å². The SMILES string of the molecule is O=C(Nc1ccc(Br)cc1)C1Nc2ccccc2S(=O)(=O)N1. The van der Waals surface area contributed by atoms with Gasteiger partial charge in [0.25, 0.3) is 5.91 Å². The highest BCUT2D eigenvalue weighted by molar-refractivity contribution is 9.10. The summed E-state index contributed by atoms with van der Waals surface area (Å²) in [5, 5.41) is 5.53. The number of amides is 1. The number of rotatable bonds is 2. The van der Waals surface area contributed by atoms with E-state index in [1.165, 1.54) is 6.07 Å². The van der Waals surface area contributed by atoms with Crippen molar-refractivity contribution in [3.8, 4) is 0 Å². The van der Waals surface area contributed by atoms with E-state index in [1.807, 2.05) is 0 Å². The van der Waals surface area contributed by atoms with Gasteiger partial charge in [-0.1, -0.05) is 28.1 Å². The van der Waals surface area contributed by atoms with Crippen LogP contribution in [-0.4, -0.2) is 20.5 Å². The number of para-hydroxylation sites is 1. The van der Waals surface area contributed by atoms with Gasteiger partial charge >= 0.3 is 0 Å². The highest BCUT2D eigenvalue weighted by atomic mass is 79.9. The maximum Gasteiger partial charge on any atom is 0.262 e. The molecule has 22 heavy (non-hydrogen) atoms. The van der Waals surface area contributed by atoms with Gasteiger partial charge in [-0.2, -0.15) is 4.72 Å². The molecule has 0 radical (unpaired) electrons. The number of halogens is 1. The molecule has 6 nitrogen and oxygen atoms in total. The number of fused-ring (bicyclic) bond motifs is 1. The lowest BCUT2D eigenvalue weighted by Crippen LogP contribution is -2.51. The van der Waals surface area contributed by atoms with E-state index in [4.69, 9.17) is 0 Å². The molecule has 1 heterocycles. The highest BCUT2D eigenvalue weighted by Gasteiger charge is 2.32. The molecule has 0 fully saturated rings. The molecule has 3 rings (SSSR count). The van der Waals surface area contributed by atoms with E-state index in [-0.39, 0.29) is 4.90 Å². The summed E-state index contributed by atoms with van der Waals surface area (Å²) in [7, 11) is -3.72. The minimum Gasteiger partial charge on any atom is -0.360 e. The van der Waals surface area contributed by atoms with Crippen LogP contribution in [0.4, 0.5) is 11.4 Å². The molecule has 0 saturated heterocycles. The maximum atomic E-state index is 12.2. The van der Waals surface area contributed by atoms with Crippen LogP contribution >= 0.6 is 15.9 Å². The summed E-state index contributed by atoms with van der Waals surface area (Å²) in [5.41, 5.74) is 0.977. The fourth-order valence-electron chi connectivity index (χ4n) is 2.09. The minimum atomic E-state index is -3.72. The Hall–Kier alpha value is -1.90. The molecule has 1 aliphatic heterocycles. The fourth-order valence-corrected chi connectivity index (χ4v) is 3.63. The number of sulfonamides is 1. The molecule has 1 unspecified atom stereocenters. The van der Waals surface area contributed by atoms with E-state index in [0.717, 1.165) is 4.47 Å². The molecule has 2 aromatic carbocycles. The third-order valence-corrected chi connectivity index (χ3v) is 5.13. The fraction of sp³-hybridized carbons (Fsp3) is 0.0714. The van der Waals surface area contributed by atoms with Gasteiger partial charge in [0.2, 0.25) is 10.0 Å². The number of hydrogen-bond donors (Lipinski definition) is 3. The van der Waals surface area contributed by atoms with Crippen LogP contribution in [0.15, 0.2) is 57.9 Å². The monoisotopic (exact) mass is 381 g/mol. The first kappa shape index (κ1) is 15.0. The Morgan fingerprint density at radius 3 is 2.50 bits per heavy atom. The summed E-state index contributed by atoms with van der Waals surface area (Å²) in [6.07, 6.45) is -1.07. The lowest BCUT2D eigenvalue weighted by atomic mass is 10.3. The van der Waals surface area contributed by atoms with Crippen LogP contribution < -0.4 is 15.4 Å². The van der Waals surface area contributed by atoms with Crippen LogP contribution in [0.5, 0.6) is 0 Å². The molecule has 0 saturated carbocycles. The zero-order valence-corrected chi connectivity index (χ0v) is 13.6. The summed E-state index contributed by atoms with van der Waals surface area (Å²) in [4.78, 5) is 12.4. The Labute approximate surface area is 136 Å². The van der Waals surface area contributed by atoms with Crippen molar-refractivity contribution in [3.05, 3.63) is 53.0 Å². The number of hydrogen-bond acceptors (Lipinski definition) is 4. The summed E-state index contributed by atoms with van der Waals surface area (Å²) < 4.78 is 27.5. The zero-order valence-electron chi connectivity index (χ0n) is 11.2. The van der Waals surface area contributed by atoms with Gasteiger partial charge in [0, 0.05) is 10.2 Å². The molecule has 3 N–H and O–H groups in total. The number of carbonyl (C=O) groups excluding carboxylic acids is 1. The first-order valence-electron chi connectivity index (χ1n) is 6.40. The van der Waals surface area contributed by atoms with Crippen molar-refractivity contribution in [1.29, 1.82) is 0 Å². The molecular formula is C14H12BrN3O3S. The molecular weight excluding hydrogens is 370 g/mol. The third-order valence-electron chi connectivity index (χ3n) is 3.12. The molecule has 0 spiro atoms. The Bertz CT molecular complexity index is 821. The molecule has 0 bridgehead atoms. The molecule has 2 aromatic rings. The van der Waals surface area contributed by atoms with Crippen molar-refractivity contribution in [2.24, 2.45) is 0 Å². The molecule has 8 heteroatoms. The number of benzene rings is 2. The Morgan fingerprint density at radius 1 is 1.09 bits per heavy atom.